The van der Waals surface area contributed by atoms with Crippen LogP contribution in [0.1, 0.15) is 0 Å². The highest BCUT2D eigenvalue weighted by Gasteiger charge is 2.20. The molecule has 2 aromatic carbocycles. The molecule has 3 N–H and O–H groups in total. The minimum Gasteiger partial charge on any atom is -0.507 e. The number of rotatable bonds is 4. The molecule has 8 nitrogen and oxygen atoms in total. The molecule has 3 heterocycles. The van der Waals surface area contributed by atoms with Crippen LogP contribution in [0, 0.1) is 0 Å². The Bertz CT molecular complexity index is 1360. The van der Waals surface area contributed by atoms with Gasteiger partial charge in [0.15, 0.2) is 5.43 Å². The predicted octanol–water partition coefficient (Wildman–Crippen LogP) is 3.48. The normalized spacial score (nSPS) is 14.0. The molecule has 4 aromatic rings. The topological polar surface area (TPSA) is 105 Å². The van der Waals surface area contributed by atoms with Crippen LogP contribution in [0.25, 0.3) is 22.3 Å². The number of nitrogen functional groups attached to an aromatic ring is 1. The Labute approximate surface area is 190 Å². The number of hydrogen-bond donors (Lipinski definition) is 2. The highest BCUT2D eigenvalue weighted by atomic mass is 16.5. The predicted molar refractivity (Wildman–Crippen MR) is 129 cm³/mol. The molecule has 5 rings (SSSR count). The van der Waals surface area contributed by atoms with E-state index in [1.54, 1.807) is 12.3 Å². The van der Waals surface area contributed by atoms with Crippen molar-refractivity contribution in [1.82, 2.24) is 4.98 Å². The molecule has 0 saturated carbocycles. The Balaban J connectivity index is 1.40. The zero-order valence-electron chi connectivity index (χ0n) is 18.2. The third-order valence-electron chi connectivity index (χ3n) is 5.92. The zero-order chi connectivity index (χ0) is 22.9. The van der Waals surface area contributed by atoms with Gasteiger partial charge in [-0.3, -0.25) is 4.79 Å². The molecule has 2 aromatic heterocycles. The third kappa shape index (κ3) is 3.91. The first-order chi connectivity index (χ1) is 16.0. The fourth-order valence-corrected chi connectivity index (χ4v) is 4.22. The van der Waals surface area contributed by atoms with Crippen molar-refractivity contribution in [2.45, 2.75) is 0 Å². The van der Waals surface area contributed by atoms with Gasteiger partial charge in [0.1, 0.15) is 34.0 Å². The number of fused-ring (bicyclic) bond motifs is 1. The van der Waals surface area contributed by atoms with Gasteiger partial charge in [-0.25, -0.2) is 4.98 Å². The van der Waals surface area contributed by atoms with Crippen molar-refractivity contribution < 1.29 is 14.3 Å². The first-order valence-electron chi connectivity index (χ1n) is 10.7. The quantitative estimate of drug-likeness (QED) is 0.461. The van der Waals surface area contributed by atoms with Crippen LogP contribution in [0.15, 0.2) is 70.0 Å². The highest BCUT2D eigenvalue weighted by molar-refractivity contribution is 5.86. The van der Waals surface area contributed by atoms with Gasteiger partial charge in [0.25, 0.3) is 0 Å². The number of phenolic OH excluding ortho intramolecular Hbond substituents is 1. The van der Waals surface area contributed by atoms with Crippen LogP contribution in [0.2, 0.25) is 0 Å². The molecule has 33 heavy (non-hydrogen) atoms. The molecule has 168 valence electrons. The fourth-order valence-electron chi connectivity index (χ4n) is 4.22. The number of nitrogens with two attached hydrogens (primary N) is 1. The van der Waals surface area contributed by atoms with Crippen LogP contribution in [-0.4, -0.2) is 43.4 Å². The summed E-state index contributed by atoms with van der Waals surface area (Å²) in [7, 11) is 1.48. The lowest BCUT2D eigenvalue weighted by molar-refractivity contribution is 0.408. The van der Waals surface area contributed by atoms with Crippen molar-refractivity contribution in [2.24, 2.45) is 0 Å². The van der Waals surface area contributed by atoms with Crippen molar-refractivity contribution in [2.75, 3.05) is 48.8 Å². The van der Waals surface area contributed by atoms with E-state index in [4.69, 9.17) is 14.9 Å². The van der Waals surface area contributed by atoms with Crippen LogP contribution in [0.3, 0.4) is 0 Å². The average Bonchev–Trinajstić information content (AvgIpc) is 2.84. The largest absolute Gasteiger partial charge is 0.507 e. The van der Waals surface area contributed by atoms with E-state index < -0.39 is 0 Å². The van der Waals surface area contributed by atoms with Gasteiger partial charge in [0.05, 0.1) is 18.5 Å². The second-order valence-electron chi connectivity index (χ2n) is 7.93. The van der Waals surface area contributed by atoms with Crippen molar-refractivity contribution in [1.29, 1.82) is 0 Å². The summed E-state index contributed by atoms with van der Waals surface area (Å²) in [5.41, 5.74) is 8.56. The summed E-state index contributed by atoms with van der Waals surface area (Å²) in [5.74, 6) is 1.58. The minimum atomic E-state index is -0.334. The van der Waals surface area contributed by atoms with Crippen molar-refractivity contribution in [3.05, 3.63) is 71.0 Å². The Hall–Kier alpha value is -4.20. The van der Waals surface area contributed by atoms with E-state index in [-0.39, 0.29) is 22.1 Å². The summed E-state index contributed by atoms with van der Waals surface area (Å²) in [4.78, 5) is 21.6. The number of benzene rings is 2. The number of pyridine rings is 1. The number of nitrogens with zero attached hydrogens (tertiary/aromatic N) is 3. The van der Waals surface area contributed by atoms with E-state index in [0.717, 1.165) is 37.7 Å². The van der Waals surface area contributed by atoms with E-state index >= 15 is 0 Å². The number of anilines is 3. The van der Waals surface area contributed by atoms with E-state index in [1.807, 2.05) is 36.4 Å². The Morgan fingerprint density at radius 1 is 1.03 bits per heavy atom. The van der Waals surface area contributed by atoms with E-state index in [9.17, 15) is 9.90 Å². The SMILES string of the molecule is COc1cc(O)c2c(=O)cc(-c3ccc(N4CCN(c5ccccn5)CC4)c(N)c3)oc2c1. The lowest BCUT2D eigenvalue weighted by atomic mass is 10.1. The Kier molecular flexibility index (Phi) is 5.26. The fraction of sp³-hybridized carbons (Fsp3) is 0.200. The van der Waals surface area contributed by atoms with Gasteiger partial charge in [-0.05, 0) is 30.3 Å². The van der Waals surface area contributed by atoms with Crippen LogP contribution >= 0.6 is 0 Å². The maximum atomic E-state index is 12.6. The third-order valence-corrected chi connectivity index (χ3v) is 5.92. The smallest absolute Gasteiger partial charge is 0.197 e. The molecular formula is C25H24N4O4. The summed E-state index contributed by atoms with van der Waals surface area (Å²) >= 11 is 0. The molecule has 1 fully saturated rings. The lowest BCUT2D eigenvalue weighted by Gasteiger charge is -2.37. The standard InChI is InChI=1S/C25H24N4O4/c1-32-17-13-20(30)25-21(31)15-22(33-23(25)14-17)16-5-6-19(18(26)12-16)28-8-10-29(11-9-28)24-4-2-3-7-27-24/h2-7,12-15,30H,8-11,26H2,1H3. The van der Waals surface area contributed by atoms with Crippen molar-refractivity contribution >= 4 is 28.2 Å². The number of ether oxygens (including phenoxy) is 1. The van der Waals surface area contributed by atoms with Gasteiger partial charge < -0.3 is 29.8 Å². The van der Waals surface area contributed by atoms with Gasteiger partial charge >= 0.3 is 0 Å². The number of piperazine rings is 1. The first-order valence-corrected chi connectivity index (χ1v) is 10.7. The average molecular weight is 444 g/mol. The number of hydrogen-bond acceptors (Lipinski definition) is 8. The highest BCUT2D eigenvalue weighted by Crippen LogP contribution is 2.34. The van der Waals surface area contributed by atoms with Crippen LogP contribution < -0.4 is 25.7 Å². The molecule has 0 amide bonds. The summed E-state index contributed by atoms with van der Waals surface area (Å²) < 4.78 is 11.1. The van der Waals surface area contributed by atoms with E-state index in [2.05, 4.69) is 14.8 Å². The molecule has 0 unspecified atom stereocenters. The molecule has 0 atom stereocenters. The monoisotopic (exact) mass is 444 g/mol. The molecule has 0 radical (unpaired) electrons. The van der Waals surface area contributed by atoms with E-state index in [1.165, 1.54) is 19.2 Å². The number of aromatic nitrogens is 1. The second kappa shape index (κ2) is 8.38. The van der Waals surface area contributed by atoms with Gasteiger partial charge in [-0.15, -0.1) is 0 Å². The van der Waals surface area contributed by atoms with Crippen LogP contribution in [0.4, 0.5) is 17.2 Å². The first kappa shape index (κ1) is 20.7. The minimum absolute atomic E-state index is 0.120. The summed E-state index contributed by atoms with van der Waals surface area (Å²) in [6, 6.07) is 15.9. The Morgan fingerprint density at radius 3 is 2.52 bits per heavy atom. The Morgan fingerprint density at radius 2 is 1.82 bits per heavy atom. The molecule has 1 aliphatic rings. The maximum Gasteiger partial charge on any atom is 0.197 e. The van der Waals surface area contributed by atoms with Crippen molar-refractivity contribution in [3.8, 4) is 22.8 Å². The molecule has 8 heteroatoms. The summed E-state index contributed by atoms with van der Waals surface area (Å²) in [6.45, 7) is 3.35. The summed E-state index contributed by atoms with van der Waals surface area (Å²) in [6.07, 6.45) is 1.81. The van der Waals surface area contributed by atoms with Crippen molar-refractivity contribution in [3.63, 3.8) is 0 Å². The molecule has 0 spiro atoms. The molecule has 0 bridgehead atoms. The van der Waals surface area contributed by atoms with Gasteiger partial charge in [-0.2, -0.15) is 0 Å². The number of phenols is 1. The molecule has 0 aliphatic carbocycles. The molecular weight excluding hydrogens is 420 g/mol. The number of methoxy groups -OCH3 is 1. The second-order valence-corrected chi connectivity index (χ2v) is 7.93. The summed E-state index contributed by atoms with van der Waals surface area (Å²) in [5, 5.41) is 10.3. The van der Waals surface area contributed by atoms with Gasteiger partial charge in [-0.1, -0.05) is 6.07 Å². The van der Waals surface area contributed by atoms with Crippen LogP contribution in [-0.2, 0) is 0 Å². The maximum absolute atomic E-state index is 12.6. The van der Waals surface area contributed by atoms with E-state index in [0.29, 0.717) is 22.8 Å². The van der Waals surface area contributed by atoms with Gasteiger partial charge in [0.2, 0.25) is 0 Å². The lowest BCUT2D eigenvalue weighted by Crippen LogP contribution is -2.47. The van der Waals surface area contributed by atoms with Crippen LogP contribution in [0.5, 0.6) is 11.5 Å². The van der Waals surface area contributed by atoms with Gasteiger partial charge in [0, 0.05) is 56.1 Å². The molecule has 1 saturated heterocycles. The zero-order valence-corrected chi connectivity index (χ0v) is 18.2. The molecule has 1 aliphatic heterocycles. The number of aromatic hydroxyl groups is 1.